The molecule has 0 unspecified atom stereocenters. The zero-order valence-electron chi connectivity index (χ0n) is 12.4. The van der Waals surface area contributed by atoms with Crippen molar-refractivity contribution in [2.75, 3.05) is 12.9 Å². The maximum absolute atomic E-state index is 13.0. The monoisotopic (exact) mass is 360 g/mol. The summed E-state index contributed by atoms with van der Waals surface area (Å²) in [6.45, 7) is 0. The van der Waals surface area contributed by atoms with Gasteiger partial charge >= 0.3 is 12.1 Å². The van der Waals surface area contributed by atoms with E-state index < -0.39 is 23.7 Å². The minimum absolute atomic E-state index is 0.0205. The van der Waals surface area contributed by atoms with E-state index >= 15 is 0 Å². The van der Waals surface area contributed by atoms with Gasteiger partial charge in [0.25, 0.3) is 0 Å². The van der Waals surface area contributed by atoms with E-state index in [9.17, 15) is 22.4 Å². The van der Waals surface area contributed by atoms with Crippen molar-refractivity contribution >= 4 is 17.7 Å². The Bertz CT molecular complexity index is 720. The molecule has 0 fully saturated rings. The van der Waals surface area contributed by atoms with Crippen LogP contribution in [0.15, 0.2) is 35.5 Å². The summed E-state index contributed by atoms with van der Waals surface area (Å²) >= 11 is 0.909. The fraction of sp³-hybridized carbons (Fsp3) is 0.267. The maximum Gasteiger partial charge on any atom is 0.433 e. The van der Waals surface area contributed by atoms with Crippen LogP contribution >= 0.6 is 11.8 Å². The zero-order valence-corrected chi connectivity index (χ0v) is 13.2. The number of benzene rings is 1. The van der Waals surface area contributed by atoms with Crippen LogP contribution in [0.2, 0.25) is 0 Å². The van der Waals surface area contributed by atoms with E-state index in [2.05, 4.69) is 14.7 Å². The van der Waals surface area contributed by atoms with Gasteiger partial charge in [0.05, 0.1) is 19.2 Å². The number of nitrogens with zero attached hydrogens (tertiary/aromatic N) is 2. The molecule has 2 rings (SSSR count). The molecular formula is C15H12F4N2O2S. The van der Waals surface area contributed by atoms with Crippen LogP contribution in [0.4, 0.5) is 17.6 Å². The van der Waals surface area contributed by atoms with Crippen LogP contribution < -0.4 is 0 Å². The van der Waals surface area contributed by atoms with Crippen molar-refractivity contribution in [1.82, 2.24) is 9.97 Å². The second-order valence-electron chi connectivity index (χ2n) is 4.60. The summed E-state index contributed by atoms with van der Waals surface area (Å²) in [7, 11) is 1.22. The lowest BCUT2D eigenvalue weighted by Gasteiger charge is -2.10. The topological polar surface area (TPSA) is 52.1 Å². The van der Waals surface area contributed by atoms with Crippen LogP contribution in [0.5, 0.6) is 0 Å². The first kappa shape index (κ1) is 18.2. The normalized spacial score (nSPS) is 11.4. The number of hydrogen-bond acceptors (Lipinski definition) is 5. The molecule has 0 saturated heterocycles. The largest absolute Gasteiger partial charge is 0.469 e. The second kappa shape index (κ2) is 7.61. The summed E-state index contributed by atoms with van der Waals surface area (Å²) < 4.78 is 56.4. The first-order valence-corrected chi connectivity index (χ1v) is 7.70. The molecule has 2 aromatic rings. The summed E-state index contributed by atoms with van der Waals surface area (Å²) in [5.74, 6) is -0.804. The number of aromatic nitrogens is 2. The molecule has 9 heteroatoms. The molecule has 0 spiro atoms. The quantitative estimate of drug-likeness (QED) is 0.350. The van der Waals surface area contributed by atoms with E-state index in [1.165, 1.54) is 19.2 Å². The van der Waals surface area contributed by atoms with E-state index in [0.717, 1.165) is 30.0 Å². The smallest absolute Gasteiger partial charge is 0.433 e. The van der Waals surface area contributed by atoms with Crippen molar-refractivity contribution in [3.05, 3.63) is 41.8 Å². The van der Waals surface area contributed by atoms with Gasteiger partial charge in [-0.05, 0) is 30.3 Å². The van der Waals surface area contributed by atoms with Crippen molar-refractivity contribution in [1.29, 1.82) is 0 Å². The Morgan fingerprint density at radius 2 is 1.88 bits per heavy atom. The SMILES string of the molecule is COC(=O)CCSc1nc(-c2ccc(F)cc2)cc(C(F)(F)F)n1. The van der Waals surface area contributed by atoms with Gasteiger partial charge in [-0.15, -0.1) is 0 Å². The number of ether oxygens (including phenoxy) is 1. The molecule has 0 radical (unpaired) electrons. The zero-order chi connectivity index (χ0) is 17.7. The van der Waals surface area contributed by atoms with Gasteiger partial charge in [0, 0.05) is 11.3 Å². The lowest BCUT2D eigenvalue weighted by atomic mass is 10.1. The number of hydrogen-bond donors (Lipinski definition) is 0. The van der Waals surface area contributed by atoms with Crippen LogP contribution in [0.3, 0.4) is 0 Å². The first-order valence-electron chi connectivity index (χ1n) is 6.71. The van der Waals surface area contributed by atoms with E-state index in [1.807, 2.05) is 0 Å². The highest BCUT2D eigenvalue weighted by atomic mass is 32.2. The van der Waals surface area contributed by atoms with Crippen LogP contribution in [0, 0.1) is 5.82 Å². The Labute approximate surface area is 139 Å². The number of thioether (sulfide) groups is 1. The minimum atomic E-state index is -4.64. The van der Waals surface area contributed by atoms with Gasteiger partial charge in [-0.1, -0.05) is 11.8 Å². The third-order valence-electron chi connectivity index (χ3n) is 2.90. The van der Waals surface area contributed by atoms with Gasteiger partial charge in [0.2, 0.25) is 0 Å². The molecule has 1 aromatic heterocycles. The highest BCUT2D eigenvalue weighted by molar-refractivity contribution is 7.99. The molecule has 0 atom stereocenters. The van der Waals surface area contributed by atoms with E-state index in [0.29, 0.717) is 5.56 Å². The molecule has 0 aliphatic heterocycles. The van der Waals surface area contributed by atoms with E-state index in [-0.39, 0.29) is 23.0 Å². The lowest BCUT2D eigenvalue weighted by Crippen LogP contribution is -2.10. The Kier molecular flexibility index (Phi) is 5.76. The predicted molar refractivity (Wildman–Crippen MR) is 79.8 cm³/mol. The molecule has 0 N–H and O–H groups in total. The van der Waals surface area contributed by atoms with E-state index in [4.69, 9.17) is 0 Å². The second-order valence-corrected chi connectivity index (χ2v) is 5.66. The van der Waals surface area contributed by atoms with Crippen LogP contribution in [-0.4, -0.2) is 28.8 Å². The van der Waals surface area contributed by atoms with Crippen molar-refractivity contribution in [2.45, 2.75) is 17.8 Å². The van der Waals surface area contributed by atoms with Crippen LogP contribution in [0.25, 0.3) is 11.3 Å². The number of carbonyl (C=O) groups is 1. The molecular weight excluding hydrogens is 348 g/mol. The third kappa shape index (κ3) is 4.92. The molecule has 0 amide bonds. The average molecular weight is 360 g/mol. The minimum Gasteiger partial charge on any atom is -0.469 e. The molecule has 0 bridgehead atoms. The van der Waals surface area contributed by atoms with Crippen molar-refractivity contribution in [2.24, 2.45) is 0 Å². The number of carbonyl (C=O) groups excluding carboxylic acids is 1. The Morgan fingerprint density at radius 1 is 1.21 bits per heavy atom. The van der Waals surface area contributed by atoms with Crippen LogP contribution in [-0.2, 0) is 15.7 Å². The van der Waals surface area contributed by atoms with Gasteiger partial charge in [-0.3, -0.25) is 4.79 Å². The molecule has 128 valence electrons. The number of halogens is 4. The van der Waals surface area contributed by atoms with E-state index in [1.54, 1.807) is 0 Å². The molecule has 4 nitrogen and oxygen atoms in total. The first-order chi connectivity index (χ1) is 11.3. The molecule has 1 aromatic carbocycles. The Balaban J connectivity index is 2.31. The highest BCUT2D eigenvalue weighted by Crippen LogP contribution is 2.32. The fourth-order valence-corrected chi connectivity index (χ4v) is 2.51. The van der Waals surface area contributed by atoms with Gasteiger partial charge in [-0.2, -0.15) is 13.2 Å². The van der Waals surface area contributed by atoms with Gasteiger partial charge in [0.15, 0.2) is 5.16 Å². The Morgan fingerprint density at radius 3 is 2.46 bits per heavy atom. The Hall–Kier alpha value is -2.16. The average Bonchev–Trinajstić information content (AvgIpc) is 2.54. The summed E-state index contributed by atoms with van der Waals surface area (Å²) in [4.78, 5) is 18.6. The predicted octanol–water partition coefficient (Wildman–Crippen LogP) is 3.96. The molecule has 24 heavy (non-hydrogen) atoms. The fourth-order valence-electron chi connectivity index (χ4n) is 1.73. The summed E-state index contributed by atoms with van der Waals surface area (Å²) in [6.07, 6.45) is -4.62. The summed E-state index contributed by atoms with van der Waals surface area (Å²) in [6, 6.07) is 5.74. The summed E-state index contributed by atoms with van der Waals surface area (Å²) in [5.41, 5.74) is -0.741. The van der Waals surface area contributed by atoms with Crippen molar-refractivity contribution in [3.8, 4) is 11.3 Å². The third-order valence-corrected chi connectivity index (χ3v) is 3.75. The number of esters is 1. The van der Waals surface area contributed by atoms with Gasteiger partial charge in [-0.25, -0.2) is 14.4 Å². The molecule has 0 aliphatic rings. The maximum atomic E-state index is 13.0. The molecule has 1 heterocycles. The standard InChI is InChI=1S/C15H12F4N2O2S/c1-23-13(22)6-7-24-14-20-11(8-12(21-14)15(17,18)19)9-2-4-10(16)5-3-9/h2-5,8H,6-7H2,1H3. The summed E-state index contributed by atoms with van der Waals surface area (Å²) in [5, 5.41) is -0.118. The number of alkyl halides is 3. The molecule has 0 aliphatic carbocycles. The van der Waals surface area contributed by atoms with Gasteiger partial charge in [0.1, 0.15) is 11.5 Å². The van der Waals surface area contributed by atoms with Crippen molar-refractivity contribution < 1.29 is 27.1 Å². The van der Waals surface area contributed by atoms with Crippen molar-refractivity contribution in [3.63, 3.8) is 0 Å². The highest BCUT2D eigenvalue weighted by Gasteiger charge is 2.33. The number of methoxy groups -OCH3 is 1. The van der Waals surface area contributed by atoms with Crippen LogP contribution in [0.1, 0.15) is 12.1 Å². The molecule has 0 saturated carbocycles. The lowest BCUT2D eigenvalue weighted by molar-refractivity contribution is -0.142. The van der Waals surface area contributed by atoms with Gasteiger partial charge < -0.3 is 4.74 Å². The number of rotatable bonds is 5.